The molecule has 0 bridgehead atoms. The van der Waals surface area contributed by atoms with Crippen LogP contribution in [-0.2, 0) is 4.79 Å². The van der Waals surface area contributed by atoms with Gasteiger partial charge in [0.15, 0.2) is 0 Å². The van der Waals surface area contributed by atoms with Crippen molar-refractivity contribution in [3.63, 3.8) is 0 Å². The average Bonchev–Trinajstić information content (AvgIpc) is 2.82. The van der Waals surface area contributed by atoms with Crippen LogP contribution in [0.2, 0.25) is 0 Å². The first-order chi connectivity index (χ1) is 8.16. The van der Waals surface area contributed by atoms with E-state index in [1.54, 1.807) is 6.07 Å². The lowest BCUT2D eigenvalue weighted by molar-refractivity contribution is -0.119. The molecule has 0 saturated carbocycles. The van der Waals surface area contributed by atoms with Crippen LogP contribution >= 0.6 is 12.4 Å². The molecule has 1 saturated heterocycles. The van der Waals surface area contributed by atoms with Crippen LogP contribution in [0.25, 0.3) is 0 Å². The summed E-state index contributed by atoms with van der Waals surface area (Å²) in [4.78, 5) is 11.8. The Kier molecular flexibility index (Phi) is 5.50. The van der Waals surface area contributed by atoms with Crippen molar-refractivity contribution in [1.82, 2.24) is 5.32 Å². The molecular weight excluding hydrogens is 262 g/mol. The fraction of sp³-hybridized carbons (Fsp3) is 0.417. The number of carbonyl (C=O) groups is 1. The van der Waals surface area contributed by atoms with E-state index in [1.807, 2.05) is 0 Å². The number of hydrogen-bond acceptors (Lipinski definition) is 2. The highest BCUT2D eigenvalue weighted by Crippen LogP contribution is 2.22. The maximum atomic E-state index is 12.5. The summed E-state index contributed by atoms with van der Waals surface area (Å²) in [7, 11) is 0. The lowest BCUT2D eigenvalue weighted by atomic mass is 10.1. The molecule has 1 unspecified atom stereocenters. The van der Waals surface area contributed by atoms with Gasteiger partial charge in [0.1, 0.15) is 0 Å². The van der Waals surface area contributed by atoms with Crippen molar-refractivity contribution in [1.29, 1.82) is 0 Å². The first-order valence-electron chi connectivity index (χ1n) is 5.56. The predicted octanol–water partition coefficient (Wildman–Crippen LogP) is 2.59. The van der Waals surface area contributed by atoms with Gasteiger partial charge in [0.25, 0.3) is 6.43 Å². The molecule has 0 radical (unpaired) electrons. The number of nitrogens with one attached hydrogen (secondary N) is 2. The van der Waals surface area contributed by atoms with Gasteiger partial charge < -0.3 is 10.6 Å². The van der Waals surface area contributed by atoms with E-state index < -0.39 is 6.43 Å². The molecule has 1 amide bonds. The third-order valence-corrected chi connectivity index (χ3v) is 2.84. The van der Waals surface area contributed by atoms with Gasteiger partial charge >= 0.3 is 0 Å². The summed E-state index contributed by atoms with van der Waals surface area (Å²) in [5, 5.41) is 5.75. The van der Waals surface area contributed by atoms with Gasteiger partial charge in [0, 0.05) is 17.8 Å². The van der Waals surface area contributed by atoms with E-state index in [4.69, 9.17) is 0 Å². The number of rotatable bonds is 3. The molecule has 0 aromatic heterocycles. The Morgan fingerprint density at radius 1 is 1.44 bits per heavy atom. The second kappa shape index (κ2) is 6.66. The van der Waals surface area contributed by atoms with Crippen molar-refractivity contribution in [2.75, 3.05) is 18.4 Å². The Hall–Kier alpha value is -1.20. The second-order valence-electron chi connectivity index (χ2n) is 4.11. The summed E-state index contributed by atoms with van der Waals surface area (Å²) in [5.41, 5.74) is 0.354. The van der Waals surface area contributed by atoms with Crippen molar-refractivity contribution >= 4 is 24.0 Å². The molecule has 1 fully saturated rings. The normalized spacial score (nSPS) is 18.5. The molecular formula is C12H15ClF2N2O. The van der Waals surface area contributed by atoms with Crippen LogP contribution in [-0.4, -0.2) is 19.0 Å². The highest BCUT2D eigenvalue weighted by Gasteiger charge is 2.22. The maximum Gasteiger partial charge on any atom is 0.263 e. The van der Waals surface area contributed by atoms with Gasteiger partial charge in [0.05, 0.1) is 5.92 Å². The molecule has 100 valence electrons. The van der Waals surface area contributed by atoms with Gasteiger partial charge in [-0.2, -0.15) is 0 Å². The van der Waals surface area contributed by atoms with Gasteiger partial charge in [-0.1, -0.05) is 12.1 Å². The van der Waals surface area contributed by atoms with E-state index in [2.05, 4.69) is 10.6 Å². The van der Waals surface area contributed by atoms with Crippen molar-refractivity contribution in [2.24, 2.45) is 5.92 Å². The van der Waals surface area contributed by atoms with Gasteiger partial charge in [0.2, 0.25) is 5.91 Å². The Bertz CT molecular complexity index is 409. The van der Waals surface area contributed by atoms with Gasteiger partial charge in [-0.15, -0.1) is 12.4 Å². The third kappa shape index (κ3) is 3.65. The minimum atomic E-state index is -2.51. The molecule has 2 rings (SSSR count). The van der Waals surface area contributed by atoms with E-state index in [1.165, 1.54) is 18.2 Å². The molecule has 0 aliphatic carbocycles. The molecule has 18 heavy (non-hydrogen) atoms. The van der Waals surface area contributed by atoms with Crippen LogP contribution in [0.15, 0.2) is 24.3 Å². The summed E-state index contributed by atoms with van der Waals surface area (Å²) in [6, 6.07) is 5.79. The SMILES string of the molecule is Cl.O=C(Nc1cccc(C(F)F)c1)C1CCNC1. The zero-order chi connectivity index (χ0) is 12.3. The quantitative estimate of drug-likeness (QED) is 0.891. The third-order valence-electron chi connectivity index (χ3n) is 2.84. The topological polar surface area (TPSA) is 41.1 Å². The number of anilines is 1. The van der Waals surface area contributed by atoms with Crippen molar-refractivity contribution in [3.8, 4) is 0 Å². The van der Waals surface area contributed by atoms with Crippen LogP contribution in [0.5, 0.6) is 0 Å². The largest absolute Gasteiger partial charge is 0.326 e. The van der Waals surface area contributed by atoms with Crippen LogP contribution in [0.1, 0.15) is 18.4 Å². The number of hydrogen-bond donors (Lipinski definition) is 2. The van der Waals surface area contributed by atoms with Gasteiger partial charge in [-0.25, -0.2) is 8.78 Å². The molecule has 0 spiro atoms. The molecule has 6 heteroatoms. The minimum absolute atomic E-state index is 0. The first-order valence-corrected chi connectivity index (χ1v) is 5.56. The molecule has 1 atom stereocenters. The Morgan fingerprint density at radius 3 is 2.83 bits per heavy atom. The lowest BCUT2D eigenvalue weighted by Crippen LogP contribution is -2.24. The van der Waals surface area contributed by atoms with Crippen molar-refractivity contribution < 1.29 is 13.6 Å². The lowest BCUT2D eigenvalue weighted by Gasteiger charge is -2.10. The highest BCUT2D eigenvalue weighted by atomic mass is 35.5. The van der Waals surface area contributed by atoms with Gasteiger partial charge in [-0.3, -0.25) is 4.79 Å². The second-order valence-corrected chi connectivity index (χ2v) is 4.11. The fourth-order valence-corrected chi connectivity index (χ4v) is 1.87. The number of alkyl halides is 2. The van der Waals surface area contributed by atoms with E-state index in [-0.39, 0.29) is 29.8 Å². The molecule has 1 aromatic rings. The zero-order valence-electron chi connectivity index (χ0n) is 9.66. The van der Waals surface area contributed by atoms with E-state index >= 15 is 0 Å². The van der Waals surface area contributed by atoms with Crippen LogP contribution in [0.4, 0.5) is 14.5 Å². The summed E-state index contributed by atoms with van der Waals surface area (Å²) >= 11 is 0. The molecule has 2 N–H and O–H groups in total. The number of halogens is 3. The molecule has 3 nitrogen and oxygen atoms in total. The Labute approximate surface area is 110 Å². The first kappa shape index (κ1) is 14.9. The van der Waals surface area contributed by atoms with Crippen LogP contribution in [0, 0.1) is 5.92 Å². The van der Waals surface area contributed by atoms with E-state index in [0.717, 1.165) is 13.0 Å². The molecule has 1 aliphatic heterocycles. The monoisotopic (exact) mass is 276 g/mol. The molecule has 1 aromatic carbocycles. The summed E-state index contributed by atoms with van der Waals surface area (Å²) in [6.07, 6.45) is -1.72. The zero-order valence-corrected chi connectivity index (χ0v) is 10.5. The average molecular weight is 277 g/mol. The minimum Gasteiger partial charge on any atom is -0.326 e. The van der Waals surface area contributed by atoms with Crippen molar-refractivity contribution in [2.45, 2.75) is 12.8 Å². The van der Waals surface area contributed by atoms with E-state index in [9.17, 15) is 13.6 Å². The summed E-state index contributed by atoms with van der Waals surface area (Å²) < 4.78 is 24.9. The Morgan fingerprint density at radius 2 is 2.22 bits per heavy atom. The number of carbonyl (C=O) groups excluding carboxylic acids is 1. The maximum absolute atomic E-state index is 12.5. The van der Waals surface area contributed by atoms with E-state index in [0.29, 0.717) is 12.2 Å². The number of amides is 1. The molecule has 1 aliphatic rings. The fourth-order valence-electron chi connectivity index (χ4n) is 1.87. The predicted molar refractivity (Wildman–Crippen MR) is 68.3 cm³/mol. The Balaban J connectivity index is 0.00000162. The van der Waals surface area contributed by atoms with Crippen molar-refractivity contribution in [3.05, 3.63) is 29.8 Å². The number of benzene rings is 1. The van der Waals surface area contributed by atoms with Crippen LogP contribution in [0.3, 0.4) is 0 Å². The summed E-state index contributed by atoms with van der Waals surface area (Å²) in [5.74, 6) is -0.174. The smallest absolute Gasteiger partial charge is 0.263 e. The van der Waals surface area contributed by atoms with Crippen LogP contribution < -0.4 is 10.6 Å². The molecule has 1 heterocycles. The summed E-state index contributed by atoms with van der Waals surface area (Å²) in [6.45, 7) is 1.48. The standard InChI is InChI=1S/C12H14F2N2O.ClH/c13-11(14)8-2-1-3-10(6-8)16-12(17)9-4-5-15-7-9;/h1-3,6,9,11,15H,4-5,7H2,(H,16,17);1H. The van der Waals surface area contributed by atoms with Gasteiger partial charge in [-0.05, 0) is 25.1 Å². The highest BCUT2D eigenvalue weighted by molar-refractivity contribution is 5.92.